The molecule has 4 heteroatoms. The topological polar surface area (TPSA) is 32.7 Å². The lowest BCUT2D eigenvalue weighted by Crippen LogP contribution is -2.30. The molecule has 0 saturated carbocycles. The first-order chi connectivity index (χ1) is 9.15. The average molecular weight is 284 g/mol. The van der Waals surface area contributed by atoms with E-state index in [-0.39, 0.29) is 0 Å². The maximum absolute atomic E-state index is 10.1. The molecule has 3 nitrogen and oxygen atoms in total. The van der Waals surface area contributed by atoms with Gasteiger partial charge in [0.2, 0.25) is 0 Å². The van der Waals surface area contributed by atoms with Gasteiger partial charge in [-0.25, -0.2) is 0 Å². The van der Waals surface area contributed by atoms with Gasteiger partial charge in [0.25, 0.3) is 0 Å². The van der Waals surface area contributed by atoms with Gasteiger partial charge < -0.3 is 14.7 Å². The van der Waals surface area contributed by atoms with Gasteiger partial charge in [-0.15, -0.1) is 0 Å². The third kappa shape index (κ3) is 4.77. The van der Waals surface area contributed by atoms with Crippen molar-refractivity contribution in [2.75, 3.05) is 26.7 Å². The van der Waals surface area contributed by atoms with E-state index in [4.69, 9.17) is 16.3 Å². The van der Waals surface area contributed by atoms with Gasteiger partial charge in [0.15, 0.2) is 0 Å². The molecule has 1 fully saturated rings. The predicted octanol–water partition coefficient (Wildman–Crippen LogP) is 2.87. The molecule has 1 aliphatic rings. The molecule has 1 aromatic rings. The molecule has 1 N–H and O–H groups in total. The van der Waals surface area contributed by atoms with Gasteiger partial charge in [-0.2, -0.15) is 0 Å². The summed E-state index contributed by atoms with van der Waals surface area (Å²) in [7, 11) is 2.08. The van der Waals surface area contributed by atoms with Crippen LogP contribution in [0.5, 0.6) is 0 Å². The Morgan fingerprint density at radius 1 is 1.42 bits per heavy atom. The van der Waals surface area contributed by atoms with Gasteiger partial charge in [0, 0.05) is 24.7 Å². The molecule has 1 aliphatic heterocycles. The lowest BCUT2D eigenvalue weighted by atomic mass is 10.1. The van der Waals surface area contributed by atoms with Gasteiger partial charge in [-0.05, 0) is 44.0 Å². The zero-order valence-electron chi connectivity index (χ0n) is 11.4. The third-order valence-electron chi connectivity index (χ3n) is 3.58. The molecule has 1 saturated heterocycles. The highest BCUT2D eigenvalue weighted by Crippen LogP contribution is 2.20. The van der Waals surface area contributed by atoms with E-state index in [0.29, 0.717) is 11.1 Å². The van der Waals surface area contributed by atoms with E-state index < -0.39 is 6.10 Å². The van der Waals surface area contributed by atoms with Gasteiger partial charge in [-0.1, -0.05) is 23.7 Å². The van der Waals surface area contributed by atoms with Crippen molar-refractivity contribution in [1.29, 1.82) is 0 Å². The van der Waals surface area contributed by atoms with Crippen LogP contribution in [0.1, 0.15) is 30.9 Å². The summed E-state index contributed by atoms with van der Waals surface area (Å²) in [5.41, 5.74) is 0.926. The van der Waals surface area contributed by atoms with Crippen LogP contribution in [0, 0.1) is 0 Å². The van der Waals surface area contributed by atoms with Crippen molar-refractivity contribution < 1.29 is 9.84 Å². The lowest BCUT2D eigenvalue weighted by molar-refractivity contribution is 0.0740. The molecule has 2 atom stereocenters. The molecule has 106 valence electrons. The Hall–Kier alpha value is -0.610. The van der Waals surface area contributed by atoms with Crippen LogP contribution in [0.25, 0.3) is 0 Å². The van der Waals surface area contributed by atoms with Crippen LogP contribution in [0.3, 0.4) is 0 Å². The molecule has 2 rings (SSSR count). The minimum Gasteiger partial charge on any atom is -0.388 e. The Bertz CT molecular complexity index is 376. The molecule has 0 radical (unpaired) electrons. The Morgan fingerprint density at radius 2 is 2.16 bits per heavy atom. The molecular weight excluding hydrogens is 262 g/mol. The van der Waals surface area contributed by atoms with Crippen LogP contribution >= 0.6 is 11.6 Å². The highest BCUT2D eigenvalue weighted by Gasteiger charge is 2.17. The predicted molar refractivity (Wildman–Crippen MR) is 77.5 cm³/mol. The molecule has 19 heavy (non-hydrogen) atoms. The van der Waals surface area contributed by atoms with Gasteiger partial charge >= 0.3 is 0 Å². The number of aliphatic hydroxyl groups excluding tert-OH is 1. The normalized spacial score (nSPS) is 20.9. The first-order valence-corrected chi connectivity index (χ1v) is 7.26. The summed E-state index contributed by atoms with van der Waals surface area (Å²) in [6.45, 7) is 2.71. The van der Waals surface area contributed by atoms with Gasteiger partial charge in [0.05, 0.1) is 12.2 Å². The van der Waals surface area contributed by atoms with Crippen LogP contribution in [0.15, 0.2) is 24.3 Å². The zero-order valence-corrected chi connectivity index (χ0v) is 12.1. The highest BCUT2D eigenvalue weighted by molar-refractivity contribution is 6.30. The molecule has 1 aromatic carbocycles. The number of likely N-dealkylation sites (N-methyl/N-ethyl adjacent to an activating group) is 1. The molecule has 0 aromatic heterocycles. The zero-order chi connectivity index (χ0) is 13.7. The quantitative estimate of drug-likeness (QED) is 0.871. The fourth-order valence-electron chi connectivity index (χ4n) is 2.42. The number of benzene rings is 1. The van der Waals surface area contributed by atoms with E-state index in [9.17, 15) is 5.11 Å². The van der Waals surface area contributed by atoms with Crippen LogP contribution in [0.4, 0.5) is 0 Å². The summed E-state index contributed by atoms with van der Waals surface area (Å²) >= 11 is 5.84. The van der Waals surface area contributed by atoms with Gasteiger partial charge in [0.1, 0.15) is 0 Å². The number of aliphatic hydroxyl groups is 1. The van der Waals surface area contributed by atoms with E-state index in [1.54, 1.807) is 0 Å². The van der Waals surface area contributed by atoms with E-state index >= 15 is 0 Å². The Balaban J connectivity index is 1.73. The molecule has 0 amide bonds. The highest BCUT2D eigenvalue weighted by atomic mass is 35.5. The second-order valence-electron chi connectivity index (χ2n) is 5.25. The largest absolute Gasteiger partial charge is 0.388 e. The fraction of sp³-hybridized carbons (Fsp3) is 0.600. The monoisotopic (exact) mass is 283 g/mol. The summed E-state index contributed by atoms with van der Waals surface area (Å²) < 4.78 is 5.61. The SMILES string of the molecule is CN(CCC(O)c1ccc(Cl)cc1)CC1CCCO1. The second-order valence-corrected chi connectivity index (χ2v) is 5.69. The second kappa shape index (κ2) is 7.25. The molecule has 0 aliphatic carbocycles. The first kappa shape index (κ1) is 14.8. The van der Waals surface area contributed by atoms with E-state index in [0.717, 1.165) is 38.1 Å². The van der Waals surface area contributed by atoms with Crippen molar-refractivity contribution in [3.05, 3.63) is 34.9 Å². The Labute approximate surface area is 120 Å². The first-order valence-electron chi connectivity index (χ1n) is 6.89. The maximum atomic E-state index is 10.1. The van der Waals surface area contributed by atoms with E-state index in [1.165, 1.54) is 6.42 Å². The van der Waals surface area contributed by atoms with Crippen molar-refractivity contribution in [3.63, 3.8) is 0 Å². The smallest absolute Gasteiger partial charge is 0.0802 e. The van der Waals surface area contributed by atoms with E-state index in [1.807, 2.05) is 24.3 Å². The molecule has 2 unspecified atom stereocenters. The summed E-state index contributed by atoms with van der Waals surface area (Å²) in [5.74, 6) is 0. The fourth-order valence-corrected chi connectivity index (χ4v) is 2.55. The third-order valence-corrected chi connectivity index (χ3v) is 3.83. The van der Waals surface area contributed by atoms with Gasteiger partial charge in [-0.3, -0.25) is 0 Å². The van der Waals surface area contributed by atoms with Crippen molar-refractivity contribution >= 4 is 11.6 Å². The molecular formula is C15H22ClNO2. The number of nitrogens with zero attached hydrogens (tertiary/aromatic N) is 1. The standard InChI is InChI=1S/C15H22ClNO2/c1-17(11-14-3-2-10-19-14)9-8-15(18)12-4-6-13(16)7-5-12/h4-7,14-15,18H,2-3,8-11H2,1H3. The Morgan fingerprint density at radius 3 is 2.79 bits per heavy atom. The number of halogens is 1. The minimum absolute atomic E-state index is 0.373. The summed E-state index contributed by atoms with van der Waals surface area (Å²) in [5, 5.41) is 10.8. The number of hydrogen-bond donors (Lipinski definition) is 1. The minimum atomic E-state index is -0.427. The number of rotatable bonds is 6. The summed E-state index contributed by atoms with van der Waals surface area (Å²) in [6, 6.07) is 7.40. The van der Waals surface area contributed by atoms with Crippen LogP contribution in [-0.4, -0.2) is 42.9 Å². The molecule has 0 bridgehead atoms. The van der Waals surface area contributed by atoms with Crippen LogP contribution in [-0.2, 0) is 4.74 Å². The summed E-state index contributed by atoms with van der Waals surface area (Å²) in [6.07, 6.45) is 3.00. The maximum Gasteiger partial charge on any atom is 0.0802 e. The summed E-state index contributed by atoms with van der Waals surface area (Å²) in [4.78, 5) is 2.23. The van der Waals surface area contributed by atoms with Crippen molar-refractivity contribution in [2.24, 2.45) is 0 Å². The average Bonchev–Trinajstić information content (AvgIpc) is 2.89. The van der Waals surface area contributed by atoms with E-state index in [2.05, 4.69) is 11.9 Å². The number of ether oxygens (including phenoxy) is 1. The van der Waals surface area contributed by atoms with Crippen LogP contribution in [0.2, 0.25) is 5.02 Å². The lowest BCUT2D eigenvalue weighted by Gasteiger charge is -2.22. The van der Waals surface area contributed by atoms with Crippen molar-refractivity contribution in [3.8, 4) is 0 Å². The van der Waals surface area contributed by atoms with Crippen LogP contribution < -0.4 is 0 Å². The van der Waals surface area contributed by atoms with Crippen molar-refractivity contribution in [1.82, 2.24) is 4.90 Å². The Kier molecular flexibility index (Phi) is 5.64. The molecule has 0 spiro atoms. The van der Waals surface area contributed by atoms with Crippen molar-refractivity contribution in [2.45, 2.75) is 31.5 Å². The number of hydrogen-bond acceptors (Lipinski definition) is 3. The molecule has 1 heterocycles.